The number of nitrogens with two attached hydrogens (primary N) is 1. The summed E-state index contributed by atoms with van der Waals surface area (Å²) in [5.41, 5.74) is 2.53. The molecule has 0 bridgehead atoms. The van der Waals surface area contributed by atoms with Crippen molar-refractivity contribution in [2.75, 3.05) is 19.7 Å². The minimum Gasteiger partial charge on any atom is -0.492 e. The first kappa shape index (κ1) is 15.3. The molecule has 6 nitrogen and oxygen atoms in total. The Labute approximate surface area is 124 Å². The second kappa shape index (κ2) is 7.64. The maximum Gasteiger partial charge on any atom is 0.265 e. The third kappa shape index (κ3) is 4.46. The molecule has 1 aliphatic heterocycles. The van der Waals surface area contributed by atoms with E-state index < -0.39 is 0 Å². The fourth-order valence-electron chi connectivity index (χ4n) is 2.36. The second-order valence-electron chi connectivity index (χ2n) is 5.04. The number of amides is 2. The highest BCUT2D eigenvalue weighted by molar-refractivity contribution is 5.94. The topological polar surface area (TPSA) is 84.7 Å². The molecule has 1 aromatic carbocycles. The number of rotatable bonds is 5. The summed E-state index contributed by atoms with van der Waals surface area (Å²) in [6.45, 7) is 1.80. The average molecular weight is 291 g/mol. The van der Waals surface area contributed by atoms with Crippen LogP contribution in [0.5, 0.6) is 5.75 Å². The fourth-order valence-corrected chi connectivity index (χ4v) is 2.36. The quantitative estimate of drug-likeness (QED) is 0.483. The molecule has 1 heterocycles. The smallest absolute Gasteiger partial charge is 0.265 e. The van der Waals surface area contributed by atoms with Gasteiger partial charge >= 0.3 is 0 Å². The van der Waals surface area contributed by atoms with E-state index in [2.05, 4.69) is 5.43 Å². The second-order valence-corrected chi connectivity index (χ2v) is 5.04. The maximum atomic E-state index is 11.8. The number of ether oxygens (including phenoxy) is 1. The number of carbonyl (C=O) groups excluding carboxylic acids is 2. The number of hydrazine groups is 1. The zero-order valence-electron chi connectivity index (χ0n) is 12.0. The SMILES string of the molecule is NNC(=O)c1cccc(OCCN2CCCCCC2=O)c1. The molecule has 0 spiro atoms. The van der Waals surface area contributed by atoms with E-state index in [-0.39, 0.29) is 11.8 Å². The molecule has 1 aliphatic rings. The van der Waals surface area contributed by atoms with Gasteiger partial charge in [-0.15, -0.1) is 0 Å². The van der Waals surface area contributed by atoms with Gasteiger partial charge in [0.05, 0.1) is 6.54 Å². The van der Waals surface area contributed by atoms with Crippen LogP contribution in [0.25, 0.3) is 0 Å². The van der Waals surface area contributed by atoms with Crippen LogP contribution in [0.2, 0.25) is 0 Å². The third-order valence-corrected chi connectivity index (χ3v) is 3.53. The van der Waals surface area contributed by atoms with Gasteiger partial charge in [-0.1, -0.05) is 12.5 Å². The monoisotopic (exact) mass is 291 g/mol. The molecule has 0 saturated carbocycles. The Balaban J connectivity index is 1.85. The van der Waals surface area contributed by atoms with E-state index in [9.17, 15) is 9.59 Å². The molecule has 0 unspecified atom stereocenters. The summed E-state index contributed by atoms with van der Waals surface area (Å²) in [7, 11) is 0. The van der Waals surface area contributed by atoms with Gasteiger partial charge in [0.25, 0.3) is 5.91 Å². The van der Waals surface area contributed by atoms with Crippen LogP contribution >= 0.6 is 0 Å². The van der Waals surface area contributed by atoms with Gasteiger partial charge in [0, 0.05) is 18.5 Å². The van der Waals surface area contributed by atoms with Crippen molar-refractivity contribution in [2.45, 2.75) is 25.7 Å². The van der Waals surface area contributed by atoms with Crippen molar-refractivity contribution in [3.8, 4) is 5.75 Å². The Morgan fingerprint density at radius 2 is 2.19 bits per heavy atom. The van der Waals surface area contributed by atoms with Gasteiger partial charge in [0.15, 0.2) is 0 Å². The summed E-state index contributed by atoms with van der Waals surface area (Å²) in [5, 5.41) is 0. The molecule has 1 aromatic rings. The molecule has 0 radical (unpaired) electrons. The summed E-state index contributed by atoms with van der Waals surface area (Å²) in [6.07, 6.45) is 3.77. The highest BCUT2D eigenvalue weighted by Crippen LogP contribution is 2.14. The molecular formula is C15H21N3O3. The Morgan fingerprint density at radius 1 is 1.33 bits per heavy atom. The van der Waals surface area contributed by atoms with Crippen molar-refractivity contribution < 1.29 is 14.3 Å². The van der Waals surface area contributed by atoms with Crippen LogP contribution in [0.4, 0.5) is 0 Å². The first-order valence-electron chi connectivity index (χ1n) is 7.22. The third-order valence-electron chi connectivity index (χ3n) is 3.53. The summed E-state index contributed by atoms with van der Waals surface area (Å²) in [4.78, 5) is 25.1. The first-order valence-corrected chi connectivity index (χ1v) is 7.22. The Bertz CT molecular complexity index is 505. The molecule has 0 aromatic heterocycles. The molecule has 1 saturated heterocycles. The lowest BCUT2D eigenvalue weighted by Crippen LogP contribution is -2.34. The van der Waals surface area contributed by atoms with Gasteiger partial charge in [-0.3, -0.25) is 15.0 Å². The van der Waals surface area contributed by atoms with E-state index in [0.717, 1.165) is 25.8 Å². The maximum absolute atomic E-state index is 11.8. The lowest BCUT2D eigenvalue weighted by Gasteiger charge is -2.20. The standard InChI is InChI=1S/C15H21N3O3/c16-17-15(20)12-5-4-6-13(11-12)21-10-9-18-8-3-1-2-7-14(18)19/h4-6,11H,1-3,7-10,16H2,(H,17,20). The Hall–Kier alpha value is -2.08. The minimum absolute atomic E-state index is 0.201. The summed E-state index contributed by atoms with van der Waals surface area (Å²) in [5.74, 6) is 5.54. The molecule has 6 heteroatoms. The van der Waals surface area contributed by atoms with Gasteiger partial charge in [0.1, 0.15) is 12.4 Å². The first-order chi connectivity index (χ1) is 10.2. The Kier molecular flexibility index (Phi) is 5.57. The largest absolute Gasteiger partial charge is 0.492 e. The molecular weight excluding hydrogens is 270 g/mol. The number of hydrogen-bond donors (Lipinski definition) is 2. The minimum atomic E-state index is -0.358. The van der Waals surface area contributed by atoms with Crippen molar-refractivity contribution in [2.24, 2.45) is 5.84 Å². The van der Waals surface area contributed by atoms with Gasteiger partial charge in [0.2, 0.25) is 5.91 Å². The van der Waals surface area contributed by atoms with Gasteiger partial charge in [-0.05, 0) is 31.0 Å². The van der Waals surface area contributed by atoms with Crippen molar-refractivity contribution in [1.29, 1.82) is 0 Å². The Morgan fingerprint density at radius 3 is 3.00 bits per heavy atom. The average Bonchev–Trinajstić information content (AvgIpc) is 2.72. The molecule has 0 atom stereocenters. The highest BCUT2D eigenvalue weighted by Gasteiger charge is 2.16. The number of nitrogens with one attached hydrogen (secondary N) is 1. The number of benzene rings is 1. The summed E-state index contributed by atoms with van der Waals surface area (Å²) >= 11 is 0. The van der Waals surface area contributed by atoms with E-state index in [1.807, 2.05) is 4.90 Å². The van der Waals surface area contributed by atoms with E-state index in [4.69, 9.17) is 10.6 Å². The van der Waals surface area contributed by atoms with Crippen LogP contribution in [0.15, 0.2) is 24.3 Å². The fraction of sp³-hybridized carbons (Fsp3) is 0.467. The van der Waals surface area contributed by atoms with Crippen LogP contribution in [0.3, 0.4) is 0 Å². The van der Waals surface area contributed by atoms with Crippen LogP contribution in [-0.4, -0.2) is 36.4 Å². The lowest BCUT2D eigenvalue weighted by atomic mass is 10.2. The molecule has 3 N–H and O–H groups in total. The molecule has 21 heavy (non-hydrogen) atoms. The number of hydrogen-bond acceptors (Lipinski definition) is 4. The molecule has 114 valence electrons. The number of nitrogen functional groups attached to an aromatic ring is 1. The van der Waals surface area contributed by atoms with Crippen LogP contribution in [-0.2, 0) is 4.79 Å². The highest BCUT2D eigenvalue weighted by atomic mass is 16.5. The van der Waals surface area contributed by atoms with E-state index in [1.54, 1.807) is 24.3 Å². The molecule has 2 rings (SSSR count). The van der Waals surface area contributed by atoms with E-state index >= 15 is 0 Å². The summed E-state index contributed by atoms with van der Waals surface area (Å²) in [6, 6.07) is 6.80. The zero-order valence-corrected chi connectivity index (χ0v) is 12.0. The van der Waals surface area contributed by atoms with Gasteiger partial charge < -0.3 is 9.64 Å². The predicted octanol–water partition coefficient (Wildman–Crippen LogP) is 1.07. The van der Waals surface area contributed by atoms with Crippen molar-refractivity contribution in [3.63, 3.8) is 0 Å². The molecule has 0 aliphatic carbocycles. The molecule has 1 fully saturated rings. The lowest BCUT2D eigenvalue weighted by molar-refractivity contribution is -0.131. The van der Waals surface area contributed by atoms with Crippen molar-refractivity contribution in [1.82, 2.24) is 10.3 Å². The predicted molar refractivity (Wildman–Crippen MR) is 78.6 cm³/mol. The summed E-state index contributed by atoms with van der Waals surface area (Å²) < 4.78 is 5.62. The van der Waals surface area contributed by atoms with Crippen LogP contribution < -0.4 is 16.0 Å². The normalized spacial score (nSPS) is 15.5. The van der Waals surface area contributed by atoms with Crippen LogP contribution in [0.1, 0.15) is 36.0 Å². The number of nitrogens with zero attached hydrogens (tertiary/aromatic N) is 1. The molecule has 2 amide bonds. The van der Waals surface area contributed by atoms with Gasteiger partial charge in [-0.2, -0.15) is 0 Å². The van der Waals surface area contributed by atoms with E-state index in [1.165, 1.54) is 0 Å². The van der Waals surface area contributed by atoms with Crippen LogP contribution in [0, 0.1) is 0 Å². The van der Waals surface area contributed by atoms with E-state index in [0.29, 0.717) is 30.9 Å². The zero-order chi connectivity index (χ0) is 15.1. The number of likely N-dealkylation sites (tertiary alicyclic amines) is 1. The van der Waals surface area contributed by atoms with Crippen molar-refractivity contribution in [3.05, 3.63) is 29.8 Å². The van der Waals surface area contributed by atoms with Gasteiger partial charge in [-0.25, -0.2) is 5.84 Å². The number of carbonyl (C=O) groups is 2. The van der Waals surface area contributed by atoms with Crippen molar-refractivity contribution >= 4 is 11.8 Å².